The molecule has 2 rings (SSSR count). The Morgan fingerprint density at radius 3 is 2.83 bits per heavy atom. The van der Waals surface area contributed by atoms with Crippen LogP contribution in [0.15, 0.2) is 36.7 Å². The van der Waals surface area contributed by atoms with Crippen LogP contribution in [-0.4, -0.2) is 10.1 Å². The number of nitrogens with zero attached hydrogens (tertiary/aromatic N) is 1. The van der Waals surface area contributed by atoms with E-state index in [-0.39, 0.29) is 17.6 Å². The zero-order valence-electron chi connectivity index (χ0n) is 10.3. The Hall–Kier alpha value is -2.10. The maximum Gasteiger partial charge on any atom is 0.123 e. The molecule has 1 heterocycles. The molecule has 1 aromatic heterocycles. The minimum atomic E-state index is -0.362. The van der Waals surface area contributed by atoms with Crippen LogP contribution >= 0.6 is 0 Å². The molecule has 0 radical (unpaired) electrons. The van der Waals surface area contributed by atoms with Crippen LogP contribution in [-0.2, 0) is 0 Å². The first-order chi connectivity index (χ1) is 8.58. The Morgan fingerprint density at radius 1 is 1.33 bits per heavy atom. The van der Waals surface area contributed by atoms with E-state index in [0.29, 0.717) is 5.56 Å². The summed E-state index contributed by atoms with van der Waals surface area (Å²) < 4.78 is 13.2. The van der Waals surface area contributed by atoms with Gasteiger partial charge in [-0.1, -0.05) is 0 Å². The van der Waals surface area contributed by atoms with Crippen LogP contribution in [0.4, 0.5) is 10.1 Å². The van der Waals surface area contributed by atoms with Gasteiger partial charge < -0.3 is 10.4 Å². The number of aryl methyl sites for hydroxylation is 1. The number of pyridine rings is 1. The Balaban J connectivity index is 2.25. The topological polar surface area (TPSA) is 45.2 Å². The summed E-state index contributed by atoms with van der Waals surface area (Å²) in [6.07, 6.45) is 3.42. The quantitative estimate of drug-likeness (QED) is 0.872. The molecule has 2 N–H and O–H groups in total. The zero-order chi connectivity index (χ0) is 13.1. The summed E-state index contributed by atoms with van der Waals surface area (Å²) in [6, 6.07) is 5.61. The number of benzene rings is 1. The molecule has 0 saturated carbocycles. The lowest BCUT2D eigenvalue weighted by molar-refractivity contribution is 0.462. The number of aromatic nitrogens is 1. The number of rotatable bonds is 3. The molecule has 18 heavy (non-hydrogen) atoms. The smallest absolute Gasteiger partial charge is 0.123 e. The Kier molecular flexibility index (Phi) is 3.46. The summed E-state index contributed by atoms with van der Waals surface area (Å²) in [5.41, 5.74) is 2.44. The van der Waals surface area contributed by atoms with Crippen LogP contribution in [0.25, 0.3) is 0 Å². The van der Waals surface area contributed by atoms with E-state index in [0.717, 1.165) is 11.3 Å². The first-order valence-corrected chi connectivity index (χ1v) is 5.73. The van der Waals surface area contributed by atoms with Gasteiger partial charge in [0.25, 0.3) is 0 Å². The number of phenolic OH excluding ortho intramolecular Hbond substituents is 1. The molecule has 1 atom stereocenters. The average Bonchev–Trinajstić information content (AvgIpc) is 2.35. The molecular weight excluding hydrogens is 231 g/mol. The Morgan fingerprint density at radius 2 is 2.11 bits per heavy atom. The molecule has 0 fully saturated rings. The van der Waals surface area contributed by atoms with Crippen molar-refractivity contribution >= 4 is 5.69 Å². The predicted octanol–water partition coefficient (Wildman–Crippen LogP) is 3.41. The molecule has 0 spiro atoms. The Bertz CT molecular complexity index is 557. The van der Waals surface area contributed by atoms with Crippen molar-refractivity contribution in [3.63, 3.8) is 0 Å². The normalized spacial score (nSPS) is 12.2. The molecule has 0 aliphatic heterocycles. The molecule has 1 aromatic carbocycles. The third kappa shape index (κ3) is 2.59. The molecular formula is C14H15FN2O. The third-order valence-electron chi connectivity index (χ3n) is 2.87. The molecule has 94 valence electrons. The van der Waals surface area contributed by atoms with E-state index in [1.54, 1.807) is 12.4 Å². The van der Waals surface area contributed by atoms with E-state index in [9.17, 15) is 9.50 Å². The minimum absolute atomic E-state index is 0.0814. The van der Waals surface area contributed by atoms with E-state index < -0.39 is 0 Å². The Labute approximate surface area is 105 Å². The van der Waals surface area contributed by atoms with Gasteiger partial charge in [0, 0.05) is 11.8 Å². The van der Waals surface area contributed by atoms with Gasteiger partial charge in [0.1, 0.15) is 11.6 Å². The van der Waals surface area contributed by atoms with E-state index in [2.05, 4.69) is 10.3 Å². The highest BCUT2D eigenvalue weighted by Gasteiger charge is 2.12. The SMILES string of the molecule is Cc1ccncc1NC(C)c1cc(F)ccc1O. The number of phenols is 1. The molecule has 4 heteroatoms. The fourth-order valence-electron chi connectivity index (χ4n) is 1.80. The highest BCUT2D eigenvalue weighted by molar-refractivity contribution is 5.51. The van der Waals surface area contributed by atoms with Gasteiger partial charge in [-0.15, -0.1) is 0 Å². The van der Waals surface area contributed by atoms with Crippen LogP contribution in [0.5, 0.6) is 5.75 Å². The van der Waals surface area contributed by atoms with E-state index in [4.69, 9.17) is 0 Å². The highest BCUT2D eigenvalue weighted by atomic mass is 19.1. The monoisotopic (exact) mass is 246 g/mol. The van der Waals surface area contributed by atoms with E-state index in [1.165, 1.54) is 18.2 Å². The number of anilines is 1. The second-order valence-electron chi connectivity index (χ2n) is 4.26. The van der Waals surface area contributed by atoms with Crippen LogP contribution in [0.3, 0.4) is 0 Å². The van der Waals surface area contributed by atoms with Crippen molar-refractivity contribution in [2.75, 3.05) is 5.32 Å². The van der Waals surface area contributed by atoms with Gasteiger partial charge in [0.15, 0.2) is 0 Å². The summed E-state index contributed by atoms with van der Waals surface area (Å²) in [5, 5.41) is 12.9. The molecule has 0 saturated heterocycles. The molecule has 0 bridgehead atoms. The average molecular weight is 246 g/mol. The zero-order valence-corrected chi connectivity index (χ0v) is 10.3. The fraction of sp³-hybridized carbons (Fsp3) is 0.214. The van der Waals surface area contributed by atoms with Crippen molar-refractivity contribution in [2.45, 2.75) is 19.9 Å². The third-order valence-corrected chi connectivity index (χ3v) is 2.87. The van der Waals surface area contributed by atoms with Crippen molar-refractivity contribution in [1.82, 2.24) is 4.98 Å². The van der Waals surface area contributed by atoms with Crippen molar-refractivity contribution in [2.24, 2.45) is 0 Å². The van der Waals surface area contributed by atoms with Gasteiger partial charge in [0.2, 0.25) is 0 Å². The summed E-state index contributed by atoms with van der Waals surface area (Å²) in [7, 11) is 0. The van der Waals surface area contributed by atoms with Crippen molar-refractivity contribution in [3.05, 3.63) is 53.6 Å². The fourth-order valence-corrected chi connectivity index (χ4v) is 1.80. The standard InChI is InChI=1S/C14H15FN2O/c1-9-5-6-16-8-13(9)17-10(2)12-7-11(15)3-4-14(12)18/h3-8,10,17-18H,1-2H3. The van der Waals surface area contributed by atoms with E-state index in [1.807, 2.05) is 19.9 Å². The van der Waals surface area contributed by atoms with E-state index >= 15 is 0 Å². The predicted molar refractivity (Wildman–Crippen MR) is 69.1 cm³/mol. The molecule has 1 unspecified atom stereocenters. The second kappa shape index (κ2) is 5.04. The summed E-state index contributed by atoms with van der Waals surface area (Å²) in [4.78, 5) is 4.03. The lowest BCUT2D eigenvalue weighted by atomic mass is 10.1. The van der Waals surface area contributed by atoms with Crippen molar-refractivity contribution < 1.29 is 9.50 Å². The summed E-state index contributed by atoms with van der Waals surface area (Å²) in [5.74, 6) is -0.280. The lowest BCUT2D eigenvalue weighted by Gasteiger charge is -2.18. The molecule has 3 nitrogen and oxygen atoms in total. The number of aromatic hydroxyl groups is 1. The molecule has 0 amide bonds. The number of nitrogens with one attached hydrogen (secondary N) is 1. The minimum Gasteiger partial charge on any atom is -0.508 e. The van der Waals surface area contributed by atoms with Gasteiger partial charge in [-0.25, -0.2) is 4.39 Å². The first-order valence-electron chi connectivity index (χ1n) is 5.73. The van der Waals surface area contributed by atoms with Crippen LogP contribution in [0.2, 0.25) is 0 Å². The molecule has 2 aromatic rings. The molecule has 0 aliphatic rings. The van der Waals surface area contributed by atoms with Crippen LogP contribution in [0.1, 0.15) is 24.1 Å². The van der Waals surface area contributed by atoms with Crippen molar-refractivity contribution in [1.29, 1.82) is 0 Å². The van der Waals surface area contributed by atoms with Gasteiger partial charge in [0.05, 0.1) is 17.9 Å². The first kappa shape index (κ1) is 12.4. The van der Waals surface area contributed by atoms with Crippen LogP contribution < -0.4 is 5.32 Å². The van der Waals surface area contributed by atoms with Crippen molar-refractivity contribution in [3.8, 4) is 5.75 Å². The van der Waals surface area contributed by atoms with Gasteiger partial charge in [-0.2, -0.15) is 0 Å². The number of hydrogen-bond acceptors (Lipinski definition) is 3. The van der Waals surface area contributed by atoms with Gasteiger partial charge in [-0.05, 0) is 43.7 Å². The number of halogens is 1. The highest BCUT2D eigenvalue weighted by Crippen LogP contribution is 2.28. The number of hydrogen-bond donors (Lipinski definition) is 2. The second-order valence-corrected chi connectivity index (χ2v) is 4.26. The summed E-state index contributed by atoms with van der Waals surface area (Å²) >= 11 is 0. The summed E-state index contributed by atoms with van der Waals surface area (Å²) in [6.45, 7) is 3.82. The van der Waals surface area contributed by atoms with Crippen LogP contribution in [0, 0.1) is 12.7 Å². The van der Waals surface area contributed by atoms with Gasteiger partial charge in [-0.3, -0.25) is 4.98 Å². The van der Waals surface area contributed by atoms with Gasteiger partial charge >= 0.3 is 0 Å². The maximum absolute atomic E-state index is 13.2. The lowest BCUT2D eigenvalue weighted by Crippen LogP contribution is -2.08. The molecule has 0 aliphatic carbocycles. The maximum atomic E-state index is 13.2. The largest absolute Gasteiger partial charge is 0.508 e.